The van der Waals surface area contributed by atoms with Gasteiger partial charge in [-0.15, -0.1) is 0 Å². The van der Waals surface area contributed by atoms with E-state index in [2.05, 4.69) is 5.32 Å². The van der Waals surface area contributed by atoms with E-state index < -0.39 is 0 Å². The highest BCUT2D eigenvalue weighted by molar-refractivity contribution is 5.89. The summed E-state index contributed by atoms with van der Waals surface area (Å²) in [4.78, 5) is 27.5. The van der Waals surface area contributed by atoms with Gasteiger partial charge in [0.2, 0.25) is 0 Å². The Balaban J connectivity index is 1.69. The number of rotatable bonds is 9. The lowest BCUT2D eigenvalue weighted by molar-refractivity contribution is 0.202. The van der Waals surface area contributed by atoms with Crippen LogP contribution in [0.3, 0.4) is 0 Å². The van der Waals surface area contributed by atoms with Gasteiger partial charge in [-0.3, -0.25) is 9.13 Å². The van der Waals surface area contributed by atoms with E-state index in [1.54, 1.807) is 30.9 Å². The van der Waals surface area contributed by atoms with Crippen LogP contribution in [0.2, 0.25) is 0 Å². The quantitative estimate of drug-likeness (QED) is 0.462. The maximum Gasteiger partial charge on any atom is 0.329 e. The van der Waals surface area contributed by atoms with E-state index in [1.165, 1.54) is 11.3 Å². The molecule has 1 aromatic heterocycles. The molecular weight excluding hydrogens is 460 g/mol. The molecule has 4 rings (SSSR count). The van der Waals surface area contributed by atoms with Crippen molar-refractivity contribution in [2.24, 2.45) is 0 Å². The number of hydrogen-bond acceptors (Lipinski definition) is 5. The van der Waals surface area contributed by atoms with Crippen molar-refractivity contribution >= 4 is 22.8 Å². The second-order valence-electron chi connectivity index (χ2n) is 9.22. The summed E-state index contributed by atoms with van der Waals surface area (Å²) in [5.41, 5.74) is 3.13. The third-order valence-electron chi connectivity index (χ3n) is 6.83. The number of aromatic nitrogens is 2. The molecule has 0 unspecified atom stereocenters. The molecule has 0 bridgehead atoms. The van der Waals surface area contributed by atoms with E-state index in [-0.39, 0.29) is 30.9 Å². The summed E-state index contributed by atoms with van der Waals surface area (Å²) in [6.07, 6.45) is 5.47. The van der Waals surface area contributed by atoms with Crippen LogP contribution in [0, 0.1) is 0 Å². The van der Waals surface area contributed by atoms with Gasteiger partial charge in [0, 0.05) is 43.0 Å². The maximum absolute atomic E-state index is 13.8. The zero-order chi connectivity index (χ0) is 25.7. The van der Waals surface area contributed by atoms with Crippen molar-refractivity contribution in [2.75, 3.05) is 39.2 Å². The first-order valence-electron chi connectivity index (χ1n) is 12.6. The van der Waals surface area contributed by atoms with Gasteiger partial charge in [-0.1, -0.05) is 25.3 Å². The SMILES string of the molecule is CCOc1ccc2c(c1)n(C1CCCCC1)c(=O)n2Cc1ccc(NC(=O)N(C)CCO)cc1OC. The predicted molar refractivity (Wildman–Crippen MR) is 140 cm³/mol. The van der Waals surface area contributed by atoms with Crippen molar-refractivity contribution in [1.82, 2.24) is 14.0 Å². The molecule has 0 aliphatic heterocycles. The Bertz CT molecular complexity index is 1260. The monoisotopic (exact) mass is 496 g/mol. The Kier molecular flexibility index (Phi) is 8.20. The van der Waals surface area contributed by atoms with E-state index in [4.69, 9.17) is 14.6 Å². The molecule has 0 spiro atoms. The summed E-state index contributed by atoms with van der Waals surface area (Å²) in [5.74, 6) is 1.34. The van der Waals surface area contributed by atoms with E-state index in [0.717, 1.165) is 48.0 Å². The number of imidazole rings is 1. The highest BCUT2D eigenvalue weighted by Crippen LogP contribution is 2.32. The number of aliphatic hydroxyl groups is 1. The number of benzene rings is 2. The fourth-order valence-corrected chi connectivity index (χ4v) is 4.96. The minimum Gasteiger partial charge on any atom is -0.496 e. The van der Waals surface area contributed by atoms with Gasteiger partial charge in [0.05, 0.1) is 37.9 Å². The standard InChI is InChI=1S/C27H36N4O5/c1-4-36-22-12-13-23-24(17-22)31(21-8-6-5-7-9-21)27(34)30(23)18-19-10-11-20(16-25(19)35-3)28-26(33)29(2)14-15-32/h10-13,16-17,21,32H,4-9,14-15,18H2,1-3H3,(H,28,33). The Morgan fingerprint density at radius 3 is 2.61 bits per heavy atom. The molecule has 1 fully saturated rings. The van der Waals surface area contributed by atoms with Crippen LogP contribution in [-0.4, -0.2) is 59.1 Å². The molecule has 2 N–H and O–H groups in total. The number of methoxy groups -OCH3 is 1. The summed E-state index contributed by atoms with van der Waals surface area (Å²) < 4.78 is 15.1. The van der Waals surface area contributed by atoms with Crippen molar-refractivity contribution in [3.05, 3.63) is 52.4 Å². The average Bonchev–Trinajstić information content (AvgIpc) is 3.16. The number of amides is 2. The third kappa shape index (κ3) is 5.36. The average molecular weight is 497 g/mol. The highest BCUT2D eigenvalue weighted by Gasteiger charge is 2.23. The topological polar surface area (TPSA) is 98.0 Å². The number of carbonyl (C=O) groups is 1. The first kappa shape index (κ1) is 25.6. The Labute approximate surface area is 211 Å². The van der Waals surface area contributed by atoms with Crippen LogP contribution in [-0.2, 0) is 6.54 Å². The normalized spacial score (nSPS) is 14.1. The molecule has 0 atom stereocenters. The number of hydrogen-bond donors (Lipinski definition) is 2. The molecule has 1 aliphatic carbocycles. The fraction of sp³-hybridized carbons (Fsp3) is 0.481. The number of likely N-dealkylation sites (N-methyl/N-ethyl adjacent to an activating group) is 1. The number of fused-ring (bicyclic) bond motifs is 1. The molecule has 1 heterocycles. The molecule has 194 valence electrons. The predicted octanol–water partition coefficient (Wildman–Crippen LogP) is 4.22. The maximum atomic E-state index is 13.8. The first-order chi connectivity index (χ1) is 17.5. The number of aliphatic hydroxyl groups excluding tert-OH is 1. The minimum absolute atomic E-state index is 0.0318. The van der Waals surface area contributed by atoms with Crippen LogP contribution in [0.25, 0.3) is 11.0 Å². The van der Waals surface area contributed by atoms with Gasteiger partial charge in [-0.2, -0.15) is 0 Å². The number of carbonyl (C=O) groups excluding carboxylic acids is 1. The minimum atomic E-state index is -0.323. The summed E-state index contributed by atoms with van der Waals surface area (Å²) in [6, 6.07) is 11.1. The highest BCUT2D eigenvalue weighted by atomic mass is 16.5. The zero-order valence-electron chi connectivity index (χ0n) is 21.3. The van der Waals surface area contributed by atoms with Crippen molar-refractivity contribution in [1.29, 1.82) is 0 Å². The molecule has 2 aromatic carbocycles. The van der Waals surface area contributed by atoms with Crippen LogP contribution in [0.5, 0.6) is 11.5 Å². The molecule has 9 heteroatoms. The Morgan fingerprint density at radius 2 is 1.92 bits per heavy atom. The van der Waals surface area contributed by atoms with Crippen molar-refractivity contribution in [2.45, 2.75) is 51.6 Å². The fourth-order valence-electron chi connectivity index (χ4n) is 4.96. The largest absolute Gasteiger partial charge is 0.496 e. The van der Waals surface area contributed by atoms with Gasteiger partial charge in [0.1, 0.15) is 11.5 Å². The summed E-state index contributed by atoms with van der Waals surface area (Å²) >= 11 is 0. The molecule has 0 radical (unpaired) electrons. The first-order valence-corrected chi connectivity index (χ1v) is 12.6. The van der Waals surface area contributed by atoms with Gasteiger partial charge >= 0.3 is 11.7 Å². The van der Waals surface area contributed by atoms with Gasteiger partial charge in [-0.25, -0.2) is 9.59 Å². The van der Waals surface area contributed by atoms with E-state index in [9.17, 15) is 9.59 Å². The smallest absolute Gasteiger partial charge is 0.329 e. The van der Waals surface area contributed by atoms with E-state index in [0.29, 0.717) is 24.6 Å². The zero-order valence-corrected chi connectivity index (χ0v) is 21.3. The van der Waals surface area contributed by atoms with Crippen LogP contribution < -0.4 is 20.5 Å². The molecule has 36 heavy (non-hydrogen) atoms. The summed E-state index contributed by atoms with van der Waals surface area (Å²) in [7, 11) is 3.19. The number of nitrogens with zero attached hydrogens (tertiary/aromatic N) is 3. The lowest BCUT2D eigenvalue weighted by Gasteiger charge is -2.23. The molecule has 9 nitrogen and oxygen atoms in total. The Hall–Kier alpha value is -3.46. The summed E-state index contributed by atoms with van der Waals surface area (Å²) in [5, 5.41) is 11.9. The van der Waals surface area contributed by atoms with E-state index >= 15 is 0 Å². The van der Waals surface area contributed by atoms with Gasteiger partial charge in [0.25, 0.3) is 0 Å². The molecule has 3 aromatic rings. The van der Waals surface area contributed by atoms with Crippen LogP contribution in [0.4, 0.5) is 10.5 Å². The Morgan fingerprint density at radius 1 is 1.14 bits per heavy atom. The van der Waals surface area contributed by atoms with Crippen molar-refractivity contribution < 1.29 is 19.4 Å². The number of urea groups is 1. The molecule has 2 amide bonds. The number of ether oxygens (including phenoxy) is 2. The number of nitrogens with one attached hydrogen (secondary N) is 1. The van der Waals surface area contributed by atoms with Gasteiger partial charge < -0.3 is 24.8 Å². The van der Waals surface area contributed by atoms with Crippen molar-refractivity contribution in [3.63, 3.8) is 0 Å². The van der Waals surface area contributed by atoms with Gasteiger partial charge in [-0.05, 0) is 38.0 Å². The van der Waals surface area contributed by atoms with Crippen LogP contribution >= 0.6 is 0 Å². The molecule has 0 saturated heterocycles. The molecule has 1 aliphatic rings. The van der Waals surface area contributed by atoms with Crippen LogP contribution in [0.15, 0.2) is 41.2 Å². The molecular formula is C27H36N4O5. The van der Waals surface area contributed by atoms with Crippen molar-refractivity contribution in [3.8, 4) is 11.5 Å². The molecule has 1 saturated carbocycles. The van der Waals surface area contributed by atoms with Gasteiger partial charge in [0.15, 0.2) is 0 Å². The van der Waals surface area contributed by atoms with Crippen LogP contribution in [0.1, 0.15) is 50.6 Å². The second kappa shape index (κ2) is 11.5. The lowest BCUT2D eigenvalue weighted by atomic mass is 9.95. The lowest BCUT2D eigenvalue weighted by Crippen LogP contribution is -2.33. The van der Waals surface area contributed by atoms with E-state index in [1.807, 2.05) is 35.8 Å². The summed E-state index contributed by atoms with van der Waals surface area (Å²) in [6.45, 7) is 2.98. The number of anilines is 1. The second-order valence-corrected chi connectivity index (χ2v) is 9.22. The third-order valence-corrected chi connectivity index (χ3v) is 6.83.